The van der Waals surface area contributed by atoms with Gasteiger partial charge in [-0.1, -0.05) is 6.92 Å². The SMILES string of the molecule is CCCOc1ccc(C(=O)c2sccc2Br)cc1Br. The largest absolute Gasteiger partial charge is 0.492 e. The fraction of sp³-hybridized carbons (Fsp3) is 0.214. The molecule has 0 amide bonds. The van der Waals surface area contributed by atoms with Gasteiger partial charge >= 0.3 is 0 Å². The van der Waals surface area contributed by atoms with Gasteiger partial charge in [0, 0.05) is 10.0 Å². The lowest BCUT2D eigenvalue weighted by Crippen LogP contribution is -2.01. The molecule has 0 radical (unpaired) electrons. The highest BCUT2D eigenvalue weighted by Gasteiger charge is 2.15. The standard InChI is InChI=1S/C14H12Br2O2S/c1-2-6-18-12-4-3-9(8-11(12)16)13(17)14-10(15)5-7-19-14/h3-5,7-8H,2,6H2,1H3. The van der Waals surface area contributed by atoms with Gasteiger partial charge in [0.25, 0.3) is 0 Å². The summed E-state index contributed by atoms with van der Waals surface area (Å²) < 4.78 is 7.21. The topological polar surface area (TPSA) is 26.3 Å². The highest BCUT2D eigenvalue weighted by molar-refractivity contribution is 9.11. The van der Waals surface area contributed by atoms with E-state index >= 15 is 0 Å². The first-order chi connectivity index (χ1) is 9.13. The Bertz CT molecular complexity index is 593. The second-order valence-electron chi connectivity index (χ2n) is 3.92. The number of carbonyl (C=O) groups excluding carboxylic acids is 1. The number of hydrogen-bond donors (Lipinski definition) is 0. The zero-order chi connectivity index (χ0) is 13.8. The van der Waals surface area contributed by atoms with Gasteiger partial charge < -0.3 is 4.74 Å². The molecule has 5 heteroatoms. The first-order valence-corrected chi connectivity index (χ1v) is 8.30. The number of rotatable bonds is 5. The molecule has 19 heavy (non-hydrogen) atoms. The molecule has 0 aliphatic rings. The van der Waals surface area contributed by atoms with Gasteiger partial charge in [0.2, 0.25) is 5.78 Å². The first-order valence-electron chi connectivity index (χ1n) is 5.83. The zero-order valence-electron chi connectivity index (χ0n) is 10.3. The van der Waals surface area contributed by atoms with E-state index in [-0.39, 0.29) is 5.78 Å². The number of benzene rings is 1. The van der Waals surface area contributed by atoms with Crippen LogP contribution in [0.2, 0.25) is 0 Å². The molecule has 0 bridgehead atoms. The van der Waals surface area contributed by atoms with Crippen LogP contribution in [-0.4, -0.2) is 12.4 Å². The Morgan fingerprint density at radius 2 is 2.05 bits per heavy atom. The van der Waals surface area contributed by atoms with Crippen molar-refractivity contribution in [2.45, 2.75) is 13.3 Å². The van der Waals surface area contributed by atoms with Gasteiger partial charge in [0.05, 0.1) is 16.0 Å². The van der Waals surface area contributed by atoms with Gasteiger partial charge in [-0.05, 0) is 67.9 Å². The molecule has 0 spiro atoms. The summed E-state index contributed by atoms with van der Waals surface area (Å²) in [6.45, 7) is 2.72. The minimum atomic E-state index is 0.0182. The fourth-order valence-electron chi connectivity index (χ4n) is 1.56. The molecule has 0 fully saturated rings. The van der Waals surface area contributed by atoms with E-state index in [0.717, 1.165) is 21.1 Å². The van der Waals surface area contributed by atoms with E-state index in [2.05, 4.69) is 38.8 Å². The second kappa shape index (κ2) is 6.68. The summed E-state index contributed by atoms with van der Waals surface area (Å²) in [6.07, 6.45) is 0.954. The highest BCUT2D eigenvalue weighted by Crippen LogP contribution is 2.30. The van der Waals surface area contributed by atoms with Crippen LogP contribution in [0.4, 0.5) is 0 Å². The van der Waals surface area contributed by atoms with Crippen LogP contribution in [0.15, 0.2) is 38.6 Å². The molecule has 100 valence electrons. The number of ether oxygens (including phenoxy) is 1. The van der Waals surface area contributed by atoms with E-state index in [1.807, 2.05) is 17.5 Å². The van der Waals surface area contributed by atoms with Crippen LogP contribution in [0.25, 0.3) is 0 Å². The zero-order valence-corrected chi connectivity index (χ0v) is 14.3. The molecule has 0 N–H and O–H groups in total. The third kappa shape index (κ3) is 3.46. The van der Waals surface area contributed by atoms with Crippen LogP contribution >= 0.6 is 43.2 Å². The molecule has 2 rings (SSSR count). The normalized spacial score (nSPS) is 10.5. The van der Waals surface area contributed by atoms with Gasteiger partial charge in [-0.15, -0.1) is 11.3 Å². The molecular weight excluding hydrogens is 392 g/mol. The second-order valence-corrected chi connectivity index (χ2v) is 6.55. The van der Waals surface area contributed by atoms with Crippen molar-refractivity contribution in [3.8, 4) is 5.75 Å². The molecule has 0 aliphatic heterocycles. The van der Waals surface area contributed by atoms with E-state index < -0.39 is 0 Å². The summed E-state index contributed by atoms with van der Waals surface area (Å²) in [6, 6.07) is 7.31. The molecule has 0 saturated heterocycles. The number of hydrogen-bond acceptors (Lipinski definition) is 3. The van der Waals surface area contributed by atoms with Crippen LogP contribution in [0.5, 0.6) is 5.75 Å². The van der Waals surface area contributed by atoms with Crippen molar-refractivity contribution in [3.63, 3.8) is 0 Å². The maximum atomic E-state index is 12.3. The maximum absolute atomic E-state index is 12.3. The predicted molar refractivity (Wildman–Crippen MR) is 85.4 cm³/mol. The van der Waals surface area contributed by atoms with Crippen molar-refractivity contribution in [1.82, 2.24) is 0 Å². The van der Waals surface area contributed by atoms with Crippen molar-refractivity contribution in [2.75, 3.05) is 6.61 Å². The quantitative estimate of drug-likeness (QED) is 0.633. The number of carbonyl (C=O) groups is 1. The monoisotopic (exact) mass is 402 g/mol. The fourth-order valence-corrected chi connectivity index (χ4v) is 3.56. The average molecular weight is 404 g/mol. The lowest BCUT2D eigenvalue weighted by molar-refractivity contribution is 0.104. The first kappa shape index (κ1) is 14.8. The van der Waals surface area contributed by atoms with Gasteiger partial charge in [-0.2, -0.15) is 0 Å². The minimum absolute atomic E-state index is 0.0182. The molecule has 0 aliphatic carbocycles. The van der Waals surface area contributed by atoms with Crippen molar-refractivity contribution in [1.29, 1.82) is 0 Å². The summed E-state index contributed by atoms with van der Waals surface area (Å²) in [7, 11) is 0. The summed E-state index contributed by atoms with van der Waals surface area (Å²) >= 11 is 8.26. The molecule has 2 aromatic rings. The smallest absolute Gasteiger partial charge is 0.204 e. The summed E-state index contributed by atoms with van der Waals surface area (Å²) in [4.78, 5) is 13.0. The van der Waals surface area contributed by atoms with Gasteiger partial charge in [-0.3, -0.25) is 4.79 Å². The Morgan fingerprint density at radius 3 is 2.63 bits per heavy atom. The molecule has 0 atom stereocenters. The van der Waals surface area contributed by atoms with Gasteiger partial charge in [0.1, 0.15) is 5.75 Å². The summed E-state index contributed by atoms with van der Waals surface area (Å²) in [5, 5.41) is 1.89. The van der Waals surface area contributed by atoms with Crippen molar-refractivity contribution >= 4 is 49.0 Å². The van der Waals surface area contributed by atoms with E-state index in [9.17, 15) is 4.79 Å². The number of thiophene rings is 1. The van der Waals surface area contributed by atoms with Crippen molar-refractivity contribution in [2.24, 2.45) is 0 Å². The van der Waals surface area contributed by atoms with Crippen LogP contribution in [0, 0.1) is 0 Å². The number of halogens is 2. The van der Waals surface area contributed by atoms with Crippen LogP contribution in [0.1, 0.15) is 28.6 Å². The van der Waals surface area contributed by atoms with E-state index in [0.29, 0.717) is 17.0 Å². The predicted octanol–water partition coefficient (Wildman–Crippen LogP) is 5.29. The van der Waals surface area contributed by atoms with Crippen LogP contribution in [0.3, 0.4) is 0 Å². The minimum Gasteiger partial charge on any atom is -0.492 e. The Morgan fingerprint density at radius 1 is 1.26 bits per heavy atom. The van der Waals surface area contributed by atoms with Crippen LogP contribution in [-0.2, 0) is 0 Å². The third-order valence-corrected chi connectivity index (χ3v) is 4.94. The third-order valence-electron chi connectivity index (χ3n) is 2.48. The molecule has 0 unspecified atom stereocenters. The lowest BCUT2D eigenvalue weighted by Gasteiger charge is -2.08. The van der Waals surface area contributed by atoms with Crippen molar-refractivity contribution < 1.29 is 9.53 Å². The highest BCUT2D eigenvalue weighted by atomic mass is 79.9. The molecule has 1 aromatic carbocycles. The Labute approximate surface area is 133 Å². The Hall–Kier alpha value is -0.650. The Balaban J connectivity index is 2.25. The summed E-state index contributed by atoms with van der Waals surface area (Å²) in [5.41, 5.74) is 0.652. The molecule has 1 aromatic heterocycles. The Kier molecular flexibility index (Phi) is 5.19. The van der Waals surface area contributed by atoms with E-state index in [1.54, 1.807) is 12.1 Å². The maximum Gasteiger partial charge on any atom is 0.204 e. The average Bonchev–Trinajstić information content (AvgIpc) is 2.82. The lowest BCUT2D eigenvalue weighted by atomic mass is 10.1. The molecule has 2 nitrogen and oxygen atoms in total. The van der Waals surface area contributed by atoms with E-state index in [4.69, 9.17) is 4.74 Å². The van der Waals surface area contributed by atoms with E-state index in [1.165, 1.54) is 11.3 Å². The molecule has 1 heterocycles. The number of ketones is 1. The van der Waals surface area contributed by atoms with Crippen molar-refractivity contribution in [3.05, 3.63) is 49.0 Å². The summed E-state index contributed by atoms with van der Waals surface area (Å²) in [5.74, 6) is 0.785. The van der Waals surface area contributed by atoms with Gasteiger partial charge in [-0.25, -0.2) is 0 Å². The molecule has 0 saturated carbocycles. The molecular formula is C14H12Br2O2S. The van der Waals surface area contributed by atoms with Crippen LogP contribution < -0.4 is 4.74 Å². The van der Waals surface area contributed by atoms with Gasteiger partial charge in [0.15, 0.2) is 0 Å².